The number of rotatable bonds is 8. The van der Waals surface area contributed by atoms with Gasteiger partial charge in [-0.25, -0.2) is 8.42 Å². The molecule has 1 atom stereocenters. The third-order valence-electron chi connectivity index (χ3n) is 5.11. The number of esters is 1. The highest BCUT2D eigenvalue weighted by atomic mass is 32.2. The first kappa shape index (κ1) is 23.9. The van der Waals surface area contributed by atoms with E-state index >= 15 is 0 Å². The number of benzene rings is 1. The summed E-state index contributed by atoms with van der Waals surface area (Å²) in [5, 5.41) is 2.93. The topological polar surface area (TPSA) is 145 Å². The molecular weight excluding hydrogens is 454 g/mol. The lowest BCUT2D eigenvalue weighted by molar-refractivity contribution is -0.146. The van der Waals surface area contributed by atoms with Gasteiger partial charge in [-0.2, -0.15) is 4.72 Å². The van der Waals surface area contributed by atoms with Crippen LogP contribution in [0.5, 0.6) is 0 Å². The number of ether oxygens (including phenoxy) is 1. The van der Waals surface area contributed by atoms with Gasteiger partial charge in [0, 0.05) is 4.88 Å². The highest BCUT2D eigenvalue weighted by molar-refractivity contribution is 7.89. The first-order chi connectivity index (χ1) is 15.1. The van der Waals surface area contributed by atoms with Gasteiger partial charge in [0.05, 0.1) is 10.5 Å². The molecule has 1 aliphatic rings. The molecule has 0 saturated heterocycles. The van der Waals surface area contributed by atoms with Crippen LogP contribution in [-0.4, -0.2) is 39.4 Å². The van der Waals surface area contributed by atoms with Gasteiger partial charge in [-0.1, -0.05) is 24.6 Å². The number of thiophene rings is 1. The molecule has 172 valence electrons. The first-order valence-electron chi connectivity index (χ1n) is 10.0. The van der Waals surface area contributed by atoms with Crippen molar-refractivity contribution < 1.29 is 27.5 Å². The molecule has 0 fully saturated rings. The van der Waals surface area contributed by atoms with Gasteiger partial charge >= 0.3 is 5.97 Å². The molecule has 3 rings (SSSR count). The van der Waals surface area contributed by atoms with Crippen molar-refractivity contribution in [3.8, 4) is 0 Å². The van der Waals surface area contributed by atoms with Crippen LogP contribution in [-0.2, 0) is 37.2 Å². The van der Waals surface area contributed by atoms with Crippen molar-refractivity contribution in [3.05, 3.63) is 45.8 Å². The molecule has 11 heteroatoms. The van der Waals surface area contributed by atoms with Crippen LogP contribution in [0.15, 0.2) is 29.2 Å². The van der Waals surface area contributed by atoms with Gasteiger partial charge in [0.1, 0.15) is 11.5 Å². The largest absolute Gasteiger partial charge is 0.455 e. The molecule has 1 aliphatic carbocycles. The number of aryl methyl sites for hydroxylation is 1. The van der Waals surface area contributed by atoms with E-state index in [1.165, 1.54) is 23.5 Å². The predicted molar refractivity (Wildman–Crippen MR) is 120 cm³/mol. The van der Waals surface area contributed by atoms with Crippen LogP contribution < -0.4 is 15.8 Å². The fraction of sp³-hybridized carbons (Fsp3) is 0.381. The van der Waals surface area contributed by atoms with Crippen molar-refractivity contribution in [2.45, 2.75) is 38.0 Å². The van der Waals surface area contributed by atoms with Gasteiger partial charge in [-0.05, 0) is 49.8 Å². The number of anilines is 1. The number of nitrogens with one attached hydrogen (secondary N) is 2. The number of hydrogen-bond acceptors (Lipinski definition) is 7. The fourth-order valence-corrected chi connectivity index (χ4v) is 5.82. The molecule has 0 aliphatic heterocycles. The zero-order valence-electron chi connectivity index (χ0n) is 17.8. The molecule has 1 unspecified atom stereocenters. The van der Waals surface area contributed by atoms with Gasteiger partial charge in [0.25, 0.3) is 11.8 Å². The molecule has 0 saturated carbocycles. The van der Waals surface area contributed by atoms with E-state index < -0.39 is 41.0 Å². The molecule has 2 amide bonds. The Kier molecular flexibility index (Phi) is 7.32. The third-order valence-corrected chi connectivity index (χ3v) is 7.70. The summed E-state index contributed by atoms with van der Waals surface area (Å²) in [6, 6.07) is 6.13. The summed E-state index contributed by atoms with van der Waals surface area (Å²) in [4.78, 5) is 37.1. The maximum atomic E-state index is 12.3. The Labute approximate surface area is 190 Å². The van der Waals surface area contributed by atoms with Gasteiger partial charge in [-0.3, -0.25) is 14.4 Å². The molecular formula is C21H25N3O6S2. The third kappa shape index (κ3) is 5.72. The Morgan fingerprint density at radius 1 is 1.22 bits per heavy atom. The van der Waals surface area contributed by atoms with Crippen molar-refractivity contribution in [2.75, 3.05) is 18.5 Å². The molecule has 1 aromatic heterocycles. The molecule has 9 nitrogen and oxygen atoms in total. The first-order valence-corrected chi connectivity index (χ1v) is 12.3. The Morgan fingerprint density at radius 2 is 1.91 bits per heavy atom. The van der Waals surface area contributed by atoms with Crippen molar-refractivity contribution in [2.24, 2.45) is 11.7 Å². The minimum absolute atomic E-state index is 0.0172. The molecule has 1 aromatic carbocycles. The van der Waals surface area contributed by atoms with Gasteiger partial charge < -0.3 is 15.8 Å². The van der Waals surface area contributed by atoms with Crippen molar-refractivity contribution in [1.82, 2.24) is 4.72 Å². The van der Waals surface area contributed by atoms with Gasteiger partial charge in [0.2, 0.25) is 10.0 Å². The second kappa shape index (κ2) is 9.80. The van der Waals surface area contributed by atoms with Crippen LogP contribution in [0.25, 0.3) is 0 Å². The van der Waals surface area contributed by atoms with E-state index in [0.717, 1.165) is 35.3 Å². The van der Waals surface area contributed by atoms with Crippen LogP contribution in [0.4, 0.5) is 5.00 Å². The zero-order valence-corrected chi connectivity index (χ0v) is 19.4. The quantitative estimate of drug-likeness (QED) is 0.492. The van der Waals surface area contributed by atoms with E-state index in [1.807, 2.05) is 6.92 Å². The average molecular weight is 480 g/mol. The lowest BCUT2D eigenvalue weighted by Gasteiger charge is -2.18. The number of sulfonamides is 1. The summed E-state index contributed by atoms with van der Waals surface area (Å²) < 4.78 is 31.4. The number of fused-ring (bicyclic) bond motifs is 1. The maximum absolute atomic E-state index is 12.3. The highest BCUT2D eigenvalue weighted by Crippen LogP contribution is 2.39. The SMILES string of the molecule is Cc1ccc(S(=O)(=O)NCC(=O)OCC(=O)Nc2sc3c(c2C(N)=O)CCC(C)C3)cc1. The second-order valence-electron chi connectivity index (χ2n) is 7.77. The molecule has 1 heterocycles. The zero-order chi connectivity index (χ0) is 23.5. The molecule has 0 spiro atoms. The minimum atomic E-state index is -3.88. The highest BCUT2D eigenvalue weighted by Gasteiger charge is 2.27. The molecule has 0 radical (unpaired) electrons. The Bertz CT molecular complexity index is 1140. The van der Waals surface area contributed by atoms with E-state index in [2.05, 4.69) is 17.0 Å². The molecule has 0 bridgehead atoms. The number of hydrogen-bond donors (Lipinski definition) is 3. The van der Waals surface area contributed by atoms with Crippen molar-refractivity contribution in [3.63, 3.8) is 0 Å². The van der Waals surface area contributed by atoms with Crippen LogP contribution in [0, 0.1) is 12.8 Å². The van der Waals surface area contributed by atoms with E-state index in [9.17, 15) is 22.8 Å². The summed E-state index contributed by atoms with van der Waals surface area (Å²) >= 11 is 1.30. The molecule has 4 N–H and O–H groups in total. The normalized spacial score (nSPS) is 15.6. The lowest BCUT2D eigenvalue weighted by Crippen LogP contribution is -2.32. The monoisotopic (exact) mass is 479 g/mol. The molecule has 32 heavy (non-hydrogen) atoms. The van der Waals surface area contributed by atoms with Crippen LogP contribution in [0.1, 0.15) is 39.7 Å². The Hall–Kier alpha value is -2.76. The fourth-order valence-electron chi connectivity index (χ4n) is 3.41. The number of carbonyl (C=O) groups excluding carboxylic acids is 3. The van der Waals surface area contributed by atoms with E-state index in [4.69, 9.17) is 10.5 Å². The Morgan fingerprint density at radius 3 is 2.56 bits per heavy atom. The summed E-state index contributed by atoms with van der Waals surface area (Å²) in [5.74, 6) is -1.69. The van der Waals surface area contributed by atoms with Crippen molar-refractivity contribution in [1.29, 1.82) is 0 Å². The second-order valence-corrected chi connectivity index (χ2v) is 10.6. The van der Waals surface area contributed by atoms with Gasteiger partial charge in [-0.15, -0.1) is 11.3 Å². The number of nitrogens with two attached hydrogens (primary N) is 1. The smallest absolute Gasteiger partial charge is 0.321 e. The number of amides is 2. The van der Waals surface area contributed by atoms with Crippen LogP contribution >= 0.6 is 11.3 Å². The Balaban J connectivity index is 1.54. The van der Waals surface area contributed by atoms with Gasteiger partial charge in [0.15, 0.2) is 6.61 Å². The standard InChI is InChI=1S/C21H25N3O6S2/c1-12-3-6-14(7-4-12)32(28,29)23-10-18(26)30-11-17(25)24-21-19(20(22)27)15-8-5-13(2)9-16(15)31-21/h3-4,6-7,13,23H,5,8-11H2,1-2H3,(H2,22,27)(H,24,25). The van der Waals surface area contributed by atoms with Crippen molar-refractivity contribution >= 4 is 44.1 Å². The number of carbonyl (C=O) groups is 3. The summed E-state index contributed by atoms with van der Waals surface area (Å²) in [6.07, 6.45) is 2.47. The van der Waals surface area contributed by atoms with Crippen LogP contribution in [0.3, 0.4) is 0 Å². The van der Waals surface area contributed by atoms with Crippen LogP contribution in [0.2, 0.25) is 0 Å². The average Bonchev–Trinajstić information content (AvgIpc) is 3.08. The van der Waals surface area contributed by atoms with E-state index in [-0.39, 0.29) is 4.90 Å². The summed E-state index contributed by atoms with van der Waals surface area (Å²) in [7, 11) is -3.88. The number of primary amides is 1. The molecule has 2 aromatic rings. The summed E-state index contributed by atoms with van der Waals surface area (Å²) in [5.41, 5.74) is 7.60. The minimum Gasteiger partial charge on any atom is -0.455 e. The maximum Gasteiger partial charge on any atom is 0.321 e. The van der Waals surface area contributed by atoms with E-state index in [1.54, 1.807) is 12.1 Å². The van der Waals surface area contributed by atoms with E-state index in [0.29, 0.717) is 16.5 Å². The predicted octanol–water partition coefficient (Wildman–Crippen LogP) is 1.74. The summed E-state index contributed by atoms with van der Waals surface area (Å²) in [6.45, 7) is 2.70. The lowest BCUT2D eigenvalue weighted by atomic mass is 9.88.